The summed E-state index contributed by atoms with van der Waals surface area (Å²) in [5, 5.41) is 22.7. The van der Waals surface area contributed by atoms with Gasteiger partial charge in [-0.1, -0.05) is 12.1 Å². The van der Waals surface area contributed by atoms with Crippen molar-refractivity contribution in [1.29, 1.82) is 0 Å². The summed E-state index contributed by atoms with van der Waals surface area (Å²) in [5.74, 6) is 2.13. The number of hydrogen-bond donors (Lipinski definition) is 2. The molecule has 2 N–H and O–H groups in total. The first kappa shape index (κ1) is 22.7. The van der Waals surface area contributed by atoms with E-state index in [1.165, 1.54) is 0 Å². The molecule has 1 atom stereocenters. The number of aliphatic hydroxyl groups is 2. The highest BCUT2D eigenvalue weighted by molar-refractivity contribution is 5.63. The first-order valence-electron chi connectivity index (χ1n) is 10.3. The van der Waals surface area contributed by atoms with Crippen LogP contribution in [0.5, 0.6) is 11.6 Å². The summed E-state index contributed by atoms with van der Waals surface area (Å²) in [6.07, 6.45) is 1.52. The van der Waals surface area contributed by atoms with E-state index in [1.807, 2.05) is 52.8 Å². The van der Waals surface area contributed by atoms with Crippen LogP contribution in [0.1, 0.15) is 37.5 Å². The SMILES string of the molecule is CCc1cc(-c2nc(-c3cnc(OC(C)C)c(C)c3)no2)cc(C)c1OC[C@H](O)CO. The van der Waals surface area contributed by atoms with Crippen molar-refractivity contribution in [2.75, 3.05) is 13.2 Å². The number of nitrogens with zero attached hydrogens (tertiary/aromatic N) is 3. The van der Waals surface area contributed by atoms with Crippen LogP contribution in [0.3, 0.4) is 0 Å². The Morgan fingerprint density at radius 1 is 1.10 bits per heavy atom. The van der Waals surface area contributed by atoms with E-state index < -0.39 is 6.10 Å². The van der Waals surface area contributed by atoms with Crippen LogP contribution in [0.2, 0.25) is 0 Å². The van der Waals surface area contributed by atoms with E-state index in [-0.39, 0.29) is 19.3 Å². The number of hydrogen-bond acceptors (Lipinski definition) is 8. The predicted molar refractivity (Wildman–Crippen MR) is 116 cm³/mol. The topological polar surface area (TPSA) is 111 Å². The molecule has 0 aliphatic heterocycles. The fourth-order valence-electron chi connectivity index (χ4n) is 3.16. The number of benzene rings is 1. The monoisotopic (exact) mass is 427 g/mol. The lowest BCUT2D eigenvalue weighted by Crippen LogP contribution is -2.22. The Labute approximate surface area is 181 Å². The Hall–Kier alpha value is -2.97. The van der Waals surface area contributed by atoms with E-state index in [9.17, 15) is 5.11 Å². The van der Waals surface area contributed by atoms with Crippen molar-refractivity contribution >= 4 is 0 Å². The molecule has 3 rings (SSSR count). The first-order chi connectivity index (χ1) is 14.8. The Morgan fingerprint density at radius 3 is 2.48 bits per heavy atom. The molecule has 2 aromatic heterocycles. The van der Waals surface area contributed by atoms with Crippen LogP contribution < -0.4 is 9.47 Å². The third kappa shape index (κ3) is 5.39. The van der Waals surface area contributed by atoms with Gasteiger partial charge in [0.1, 0.15) is 18.5 Å². The van der Waals surface area contributed by atoms with Crippen molar-refractivity contribution < 1.29 is 24.2 Å². The van der Waals surface area contributed by atoms with Crippen LogP contribution in [0.4, 0.5) is 0 Å². The molecule has 0 aliphatic carbocycles. The molecule has 0 aliphatic rings. The minimum Gasteiger partial charge on any atom is -0.490 e. The van der Waals surface area contributed by atoms with Gasteiger partial charge in [0, 0.05) is 22.9 Å². The van der Waals surface area contributed by atoms with E-state index >= 15 is 0 Å². The van der Waals surface area contributed by atoms with Crippen molar-refractivity contribution in [3.05, 3.63) is 41.1 Å². The maximum absolute atomic E-state index is 9.58. The van der Waals surface area contributed by atoms with Gasteiger partial charge in [0.15, 0.2) is 0 Å². The molecule has 166 valence electrons. The Bertz CT molecular complexity index is 1030. The molecule has 0 amide bonds. The van der Waals surface area contributed by atoms with E-state index in [2.05, 4.69) is 15.1 Å². The number of aliphatic hydroxyl groups excluding tert-OH is 2. The summed E-state index contributed by atoms with van der Waals surface area (Å²) in [7, 11) is 0. The first-order valence-corrected chi connectivity index (χ1v) is 10.3. The van der Waals surface area contributed by atoms with Gasteiger partial charge in [-0.2, -0.15) is 4.98 Å². The second kappa shape index (κ2) is 9.89. The van der Waals surface area contributed by atoms with E-state index in [0.717, 1.165) is 34.2 Å². The highest BCUT2D eigenvalue weighted by atomic mass is 16.5. The highest BCUT2D eigenvalue weighted by Gasteiger charge is 2.17. The number of rotatable bonds is 9. The third-order valence-corrected chi connectivity index (χ3v) is 4.67. The van der Waals surface area contributed by atoms with Crippen LogP contribution >= 0.6 is 0 Å². The molecular weight excluding hydrogens is 398 g/mol. The summed E-state index contributed by atoms with van der Waals surface area (Å²) in [6, 6.07) is 5.76. The quantitative estimate of drug-likeness (QED) is 0.534. The van der Waals surface area contributed by atoms with Crippen LogP contribution in [-0.4, -0.2) is 50.8 Å². The smallest absolute Gasteiger partial charge is 0.258 e. The normalized spacial score (nSPS) is 12.3. The zero-order chi connectivity index (χ0) is 22.5. The maximum Gasteiger partial charge on any atom is 0.258 e. The van der Waals surface area contributed by atoms with Gasteiger partial charge in [-0.05, 0) is 63.4 Å². The standard InChI is InChI=1S/C23H29N3O5/c1-6-16-9-17(7-14(4)20(16)29-12-19(28)11-27)23-25-21(26-31-23)18-8-15(5)22(24-10-18)30-13(2)3/h7-10,13,19,27-28H,6,11-12H2,1-5H3/t19-/m1/s1. The van der Waals surface area contributed by atoms with Gasteiger partial charge in [0.25, 0.3) is 5.89 Å². The van der Waals surface area contributed by atoms with E-state index in [4.69, 9.17) is 19.1 Å². The molecule has 0 radical (unpaired) electrons. The zero-order valence-corrected chi connectivity index (χ0v) is 18.5. The molecular formula is C23H29N3O5. The minimum atomic E-state index is -0.920. The maximum atomic E-state index is 9.58. The Kier molecular flexibility index (Phi) is 7.25. The summed E-state index contributed by atoms with van der Waals surface area (Å²) in [5.41, 5.74) is 4.26. The van der Waals surface area contributed by atoms with Gasteiger partial charge >= 0.3 is 0 Å². The second-order valence-electron chi connectivity index (χ2n) is 7.72. The Morgan fingerprint density at radius 2 is 1.84 bits per heavy atom. The molecule has 31 heavy (non-hydrogen) atoms. The number of ether oxygens (including phenoxy) is 2. The van der Waals surface area contributed by atoms with Gasteiger partial charge in [0.05, 0.1) is 12.7 Å². The molecule has 0 bridgehead atoms. The van der Waals surface area contributed by atoms with Gasteiger partial charge < -0.3 is 24.2 Å². The summed E-state index contributed by atoms with van der Waals surface area (Å²) < 4.78 is 16.9. The highest BCUT2D eigenvalue weighted by Crippen LogP contribution is 2.32. The molecule has 0 saturated heterocycles. The zero-order valence-electron chi connectivity index (χ0n) is 18.5. The average molecular weight is 428 g/mol. The fourth-order valence-corrected chi connectivity index (χ4v) is 3.16. The number of aryl methyl sites for hydroxylation is 3. The van der Waals surface area contributed by atoms with Gasteiger partial charge in [0.2, 0.25) is 11.7 Å². The van der Waals surface area contributed by atoms with Crippen molar-refractivity contribution in [3.8, 4) is 34.5 Å². The molecule has 0 unspecified atom stereocenters. The van der Waals surface area contributed by atoms with Crippen molar-refractivity contribution in [2.45, 2.75) is 53.2 Å². The van der Waals surface area contributed by atoms with Crippen molar-refractivity contribution in [1.82, 2.24) is 15.1 Å². The minimum absolute atomic E-state index is 0.0251. The van der Waals surface area contributed by atoms with Gasteiger partial charge in [-0.15, -0.1) is 0 Å². The number of pyridine rings is 1. The van der Waals surface area contributed by atoms with Crippen LogP contribution in [0, 0.1) is 13.8 Å². The third-order valence-electron chi connectivity index (χ3n) is 4.67. The molecule has 8 heteroatoms. The molecule has 0 saturated carbocycles. The predicted octanol–water partition coefficient (Wildman–Crippen LogP) is 3.50. The van der Waals surface area contributed by atoms with Crippen LogP contribution in [0.25, 0.3) is 22.8 Å². The van der Waals surface area contributed by atoms with E-state index in [0.29, 0.717) is 23.3 Å². The summed E-state index contributed by atoms with van der Waals surface area (Å²) in [6.45, 7) is 9.46. The van der Waals surface area contributed by atoms with Crippen molar-refractivity contribution in [2.24, 2.45) is 0 Å². The molecule has 0 fully saturated rings. The lowest BCUT2D eigenvalue weighted by molar-refractivity contribution is 0.0531. The Balaban J connectivity index is 1.87. The lowest BCUT2D eigenvalue weighted by Gasteiger charge is -2.16. The largest absolute Gasteiger partial charge is 0.490 e. The fraction of sp³-hybridized carbons (Fsp3) is 0.435. The number of aromatic nitrogens is 3. The van der Waals surface area contributed by atoms with Crippen molar-refractivity contribution in [3.63, 3.8) is 0 Å². The molecule has 1 aromatic carbocycles. The summed E-state index contributed by atoms with van der Waals surface area (Å²) in [4.78, 5) is 8.92. The molecule has 0 spiro atoms. The van der Waals surface area contributed by atoms with Gasteiger partial charge in [-0.3, -0.25) is 0 Å². The lowest BCUT2D eigenvalue weighted by atomic mass is 10.0. The molecule has 3 aromatic rings. The summed E-state index contributed by atoms with van der Waals surface area (Å²) >= 11 is 0. The molecule has 8 nitrogen and oxygen atoms in total. The molecule has 2 heterocycles. The van der Waals surface area contributed by atoms with Crippen LogP contribution in [-0.2, 0) is 6.42 Å². The van der Waals surface area contributed by atoms with Gasteiger partial charge in [-0.25, -0.2) is 4.98 Å². The second-order valence-corrected chi connectivity index (χ2v) is 7.72. The van der Waals surface area contributed by atoms with E-state index in [1.54, 1.807) is 6.20 Å². The van der Waals surface area contributed by atoms with Crippen LogP contribution in [0.15, 0.2) is 28.9 Å². The average Bonchev–Trinajstić information content (AvgIpc) is 3.23.